The zero-order chi connectivity index (χ0) is 12.3. The second-order valence-corrected chi connectivity index (χ2v) is 4.64. The largest absolute Gasteiger partial charge is 0.394 e. The van der Waals surface area contributed by atoms with Gasteiger partial charge in [0.25, 0.3) is 0 Å². The van der Waals surface area contributed by atoms with Crippen LogP contribution in [-0.2, 0) is 0 Å². The third kappa shape index (κ3) is 2.76. The van der Waals surface area contributed by atoms with Gasteiger partial charge in [-0.25, -0.2) is 0 Å². The van der Waals surface area contributed by atoms with Gasteiger partial charge in [-0.1, -0.05) is 0 Å². The van der Waals surface area contributed by atoms with E-state index in [4.69, 9.17) is 0 Å². The van der Waals surface area contributed by atoms with Gasteiger partial charge >= 0.3 is 0 Å². The number of hydrogen-bond donors (Lipinski definition) is 2. The first kappa shape index (κ1) is 12.3. The number of nitrogens with zero attached hydrogens (tertiary/aromatic N) is 2. The highest BCUT2D eigenvalue weighted by molar-refractivity contribution is 5.46. The molecule has 4 heteroatoms. The summed E-state index contributed by atoms with van der Waals surface area (Å²) in [5.41, 5.74) is 1.72. The predicted octanol–water partition coefficient (Wildman–Crippen LogP) is 1.49. The van der Waals surface area contributed by atoms with Crippen molar-refractivity contribution in [2.24, 2.45) is 0 Å². The monoisotopic (exact) mass is 236 g/mol. The smallest absolute Gasteiger partial charge is 0.0931 e. The van der Waals surface area contributed by atoms with E-state index in [0.717, 1.165) is 25.1 Å². The van der Waals surface area contributed by atoms with Crippen LogP contribution < -0.4 is 4.90 Å². The lowest BCUT2D eigenvalue weighted by Gasteiger charge is -2.36. The minimum absolute atomic E-state index is 0.193. The first-order valence-corrected chi connectivity index (χ1v) is 6.24. The van der Waals surface area contributed by atoms with Crippen LogP contribution in [-0.4, -0.2) is 34.4 Å². The number of piperidine rings is 1. The highest BCUT2D eigenvalue weighted by Gasteiger charge is 2.22. The van der Waals surface area contributed by atoms with Crippen LogP contribution >= 0.6 is 0 Å². The molecule has 1 fully saturated rings. The first-order valence-electron chi connectivity index (χ1n) is 6.24. The summed E-state index contributed by atoms with van der Waals surface area (Å²) in [7, 11) is 0. The van der Waals surface area contributed by atoms with E-state index in [1.165, 1.54) is 6.42 Å². The topological polar surface area (TPSA) is 56.6 Å². The van der Waals surface area contributed by atoms with Gasteiger partial charge in [0, 0.05) is 6.54 Å². The highest BCUT2D eigenvalue weighted by atomic mass is 16.3. The van der Waals surface area contributed by atoms with Gasteiger partial charge in [-0.15, -0.1) is 0 Å². The van der Waals surface area contributed by atoms with Gasteiger partial charge in [-0.05, 0) is 38.3 Å². The van der Waals surface area contributed by atoms with Gasteiger partial charge in [0.1, 0.15) is 0 Å². The van der Waals surface area contributed by atoms with Crippen molar-refractivity contribution in [1.29, 1.82) is 0 Å². The Labute approximate surface area is 102 Å². The maximum Gasteiger partial charge on any atom is 0.0931 e. The number of hydrogen-bond acceptors (Lipinski definition) is 4. The second kappa shape index (κ2) is 5.47. The van der Waals surface area contributed by atoms with Crippen LogP contribution in [0.3, 0.4) is 0 Å². The van der Waals surface area contributed by atoms with Crippen molar-refractivity contribution in [3.05, 3.63) is 24.0 Å². The van der Waals surface area contributed by atoms with Crippen molar-refractivity contribution in [2.45, 2.75) is 38.3 Å². The van der Waals surface area contributed by atoms with E-state index in [-0.39, 0.29) is 12.6 Å². The Kier molecular flexibility index (Phi) is 3.97. The molecule has 0 spiro atoms. The van der Waals surface area contributed by atoms with E-state index in [9.17, 15) is 10.2 Å². The maximum atomic E-state index is 9.41. The molecule has 0 bridgehead atoms. The molecule has 0 radical (unpaired) electrons. The van der Waals surface area contributed by atoms with Crippen molar-refractivity contribution in [3.8, 4) is 0 Å². The molecule has 1 saturated heterocycles. The van der Waals surface area contributed by atoms with Crippen LogP contribution in [0.25, 0.3) is 0 Å². The molecule has 17 heavy (non-hydrogen) atoms. The van der Waals surface area contributed by atoms with Crippen molar-refractivity contribution >= 4 is 5.69 Å². The molecule has 2 heterocycles. The van der Waals surface area contributed by atoms with Crippen molar-refractivity contribution in [1.82, 2.24) is 4.98 Å². The molecule has 0 saturated carbocycles. The maximum absolute atomic E-state index is 9.41. The molecule has 0 amide bonds. The van der Waals surface area contributed by atoms with E-state index in [2.05, 4.69) is 9.88 Å². The molecule has 1 aliphatic heterocycles. The van der Waals surface area contributed by atoms with Crippen molar-refractivity contribution in [2.75, 3.05) is 18.1 Å². The van der Waals surface area contributed by atoms with Gasteiger partial charge in [-0.3, -0.25) is 4.98 Å². The van der Waals surface area contributed by atoms with Crippen LogP contribution in [0.2, 0.25) is 0 Å². The van der Waals surface area contributed by atoms with Gasteiger partial charge in [0.05, 0.1) is 36.3 Å². The van der Waals surface area contributed by atoms with Crippen LogP contribution in [0, 0.1) is 0 Å². The average molecular weight is 236 g/mol. The number of aromatic nitrogens is 1. The summed E-state index contributed by atoms with van der Waals surface area (Å²) >= 11 is 0. The Hall–Kier alpha value is -1.13. The standard InChI is InChI=1S/C13H20N2O2/c1-10(17)13-6-5-11(8-14-13)15-7-3-2-4-12(15)9-16/h5-6,8,10,12,16-17H,2-4,7,9H2,1H3. The van der Waals surface area contributed by atoms with Gasteiger partial charge in [0.2, 0.25) is 0 Å². The van der Waals surface area contributed by atoms with Gasteiger partial charge in [-0.2, -0.15) is 0 Å². The SMILES string of the molecule is CC(O)c1ccc(N2CCCCC2CO)cn1. The van der Waals surface area contributed by atoms with E-state index in [0.29, 0.717) is 5.69 Å². The van der Waals surface area contributed by atoms with E-state index >= 15 is 0 Å². The third-order valence-corrected chi connectivity index (χ3v) is 3.37. The second-order valence-electron chi connectivity index (χ2n) is 4.64. The molecule has 2 rings (SSSR count). The highest BCUT2D eigenvalue weighted by Crippen LogP contribution is 2.24. The number of anilines is 1. The molecule has 2 N–H and O–H groups in total. The summed E-state index contributed by atoms with van der Waals surface area (Å²) in [6.07, 6.45) is 4.64. The van der Waals surface area contributed by atoms with Crippen LogP contribution in [0.1, 0.15) is 38.0 Å². The average Bonchev–Trinajstić information content (AvgIpc) is 2.39. The number of aliphatic hydroxyl groups excluding tert-OH is 2. The summed E-state index contributed by atoms with van der Waals surface area (Å²) in [4.78, 5) is 6.46. The molecule has 2 atom stereocenters. The molecule has 4 nitrogen and oxygen atoms in total. The fourth-order valence-corrected chi connectivity index (χ4v) is 2.34. The van der Waals surface area contributed by atoms with Crippen LogP contribution in [0.5, 0.6) is 0 Å². The first-order chi connectivity index (χ1) is 8.22. The minimum atomic E-state index is -0.529. The van der Waals surface area contributed by atoms with E-state index < -0.39 is 6.10 Å². The number of pyridine rings is 1. The molecule has 94 valence electrons. The molecular formula is C13H20N2O2. The fourth-order valence-electron chi connectivity index (χ4n) is 2.34. The third-order valence-electron chi connectivity index (χ3n) is 3.37. The molecule has 1 aliphatic rings. The van der Waals surface area contributed by atoms with Crippen LogP contribution in [0.4, 0.5) is 5.69 Å². The summed E-state index contributed by atoms with van der Waals surface area (Å²) < 4.78 is 0. The van der Waals surface area contributed by atoms with Crippen LogP contribution in [0.15, 0.2) is 18.3 Å². The molecule has 1 aromatic rings. The Morgan fingerprint density at radius 1 is 1.47 bits per heavy atom. The summed E-state index contributed by atoms with van der Waals surface area (Å²) in [5.74, 6) is 0. The molecule has 0 aliphatic carbocycles. The Balaban J connectivity index is 2.15. The fraction of sp³-hybridized carbons (Fsp3) is 0.615. The minimum Gasteiger partial charge on any atom is -0.394 e. The quantitative estimate of drug-likeness (QED) is 0.834. The Morgan fingerprint density at radius 2 is 2.29 bits per heavy atom. The lowest BCUT2D eigenvalue weighted by atomic mass is 10.0. The summed E-state index contributed by atoms with van der Waals surface area (Å²) in [5, 5.41) is 18.8. The Bertz CT molecular complexity index is 351. The summed E-state index contributed by atoms with van der Waals surface area (Å²) in [6.45, 7) is 2.87. The zero-order valence-electron chi connectivity index (χ0n) is 10.2. The lowest BCUT2D eigenvalue weighted by Crippen LogP contribution is -2.41. The number of rotatable bonds is 3. The number of aliphatic hydroxyl groups is 2. The van der Waals surface area contributed by atoms with E-state index in [1.54, 1.807) is 13.1 Å². The van der Waals surface area contributed by atoms with Gasteiger partial charge in [0.15, 0.2) is 0 Å². The summed E-state index contributed by atoms with van der Waals surface area (Å²) in [6, 6.07) is 4.04. The van der Waals surface area contributed by atoms with Crippen molar-refractivity contribution in [3.63, 3.8) is 0 Å². The lowest BCUT2D eigenvalue weighted by molar-refractivity contribution is 0.194. The molecule has 1 aromatic heterocycles. The van der Waals surface area contributed by atoms with E-state index in [1.807, 2.05) is 12.1 Å². The zero-order valence-corrected chi connectivity index (χ0v) is 10.2. The Morgan fingerprint density at radius 3 is 2.88 bits per heavy atom. The normalized spacial score (nSPS) is 22.5. The molecule has 2 unspecified atom stereocenters. The molecular weight excluding hydrogens is 216 g/mol. The molecule has 0 aromatic carbocycles. The van der Waals surface area contributed by atoms with Crippen molar-refractivity contribution < 1.29 is 10.2 Å². The predicted molar refractivity (Wildman–Crippen MR) is 66.9 cm³/mol. The van der Waals surface area contributed by atoms with Gasteiger partial charge < -0.3 is 15.1 Å².